The summed E-state index contributed by atoms with van der Waals surface area (Å²) in [6.07, 6.45) is 5.26. The van der Waals surface area contributed by atoms with Gasteiger partial charge >= 0.3 is 0 Å². The van der Waals surface area contributed by atoms with E-state index in [1.165, 1.54) is 10.7 Å². The SMILES string of the molecule is CC(CO)NS(=O)(=O)N(C)C1CCCCC1. The molecule has 96 valence electrons. The molecule has 0 aromatic rings. The third kappa shape index (κ3) is 3.69. The van der Waals surface area contributed by atoms with E-state index in [2.05, 4.69) is 4.72 Å². The van der Waals surface area contributed by atoms with Gasteiger partial charge in [-0.3, -0.25) is 0 Å². The number of hydrogen-bond acceptors (Lipinski definition) is 3. The van der Waals surface area contributed by atoms with Crippen molar-refractivity contribution >= 4 is 10.2 Å². The van der Waals surface area contributed by atoms with Crippen molar-refractivity contribution in [1.29, 1.82) is 0 Å². The van der Waals surface area contributed by atoms with Crippen LogP contribution in [-0.2, 0) is 10.2 Å². The van der Waals surface area contributed by atoms with E-state index < -0.39 is 16.3 Å². The molecule has 1 saturated carbocycles. The molecule has 1 aliphatic carbocycles. The molecule has 0 aliphatic heterocycles. The first-order valence-electron chi connectivity index (χ1n) is 5.83. The highest BCUT2D eigenvalue weighted by atomic mass is 32.2. The fraction of sp³-hybridized carbons (Fsp3) is 1.00. The van der Waals surface area contributed by atoms with Crippen molar-refractivity contribution in [3.8, 4) is 0 Å². The van der Waals surface area contributed by atoms with Crippen LogP contribution in [-0.4, -0.2) is 43.6 Å². The molecule has 0 radical (unpaired) electrons. The number of rotatable bonds is 5. The van der Waals surface area contributed by atoms with Gasteiger partial charge in [0, 0.05) is 19.1 Å². The van der Waals surface area contributed by atoms with Crippen molar-refractivity contribution in [2.75, 3.05) is 13.7 Å². The predicted molar refractivity (Wildman–Crippen MR) is 63.2 cm³/mol. The molecule has 0 spiro atoms. The lowest BCUT2D eigenvalue weighted by atomic mass is 9.96. The van der Waals surface area contributed by atoms with E-state index in [-0.39, 0.29) is 12.6 Å². The van der Waals surface area contributed by atoms with Gasteiger partial charge in [-0.2, -0.15) is 17.4 Å². The first-order valence-corrected chi connectivity index (χ1v) is 7.27. The van der Waals surface area contributed by atoms with Crippen molar-refractivity contribution in [3.63, 3.8) is 0 Å². The molecule has 0 heterocycles. The van der Waals surface area contributed by atoms with E-state index in [1.54, 1.807) is 14.0 Å². The van der Waals surface area contributed by atoms with Crippen LogP contribution in [0.5, 0.6) is 0 Å². The van der Waals surface area contributed by atoms with Gasteiger partial charge in [0.2, 0.25) is 0 Å². The highest BCUT2D eigenvalue weighted by Crippen LogP contribution is 2.22. The second-order valence-corrected chi connectivity index (χ2v) is 6.28. The Balaban J connectivity index is 2.59. The fourth-order valence-electron chi connectivity index (χ4n) is 2.02. The van der Waals surface area contributed by atoms with Crippen LogP contribution in [0, 0.1) is 0 Å². The van der Waals surface area contributed by atoms with E-state index in [0.29, 0.717) is 0 Å². The lowest BCUT2D eigenvalue weighted by molar-refractivity contribution is 0.254. The van der Waals surface area contributed by atoms with Crippen molar-refractivity contribution in [3.05, 3.63) is 0 Å². The summed E-state index contributed by atoms with van der Waals surface area (Å²) in [6, 6.07) is -0.326. The van der Waals surface area contributed by atoms with Gasteiger partial charge in [0.1, 0.15) is 0 Å². The molecule has 0 saturated heterocycles. The molecule has 0 amide bonds. The first kappa shape index (κ1) is 13.9. The van der Waals surface area contributed by atoms with Gasteiger partial charge < -0.3 is 5.11 Å². The maximum atomic E-state index is 11.9. The Hall–Kier alpha value is -0.170. The van der Waals surface area contributed by atoms with Crippen LogP contribution in [0.1, 0.15) is 39.0 Å². The average molecular weight is 250 g/mol. The third-order valence-electron chi connectivity index (χ3n) is 3.09. The summed E-state index contributed by atoms with van der Waals surface area (Å²) in [5, 5.41) is 8.84. The van der Waals surface area contributed by atoms with E-state index in [0.717, 1.165) is 25.7 Å². The van der Waals surface area contributed by atoms with Crippen LogP contribution in [0.3, 0.4) is 0 Å². The first-order chi connectivity index (χ1) is 7.47. The minimum absolute atomic E-state index is 0.108. The Morgan fingerprint density at radius 1 is 1.38 bits per heavy atom. The van der Waals surface area contributed by atoms with Crippen LogP contribution < -0.4 is 4.72 Å². The van der Waals surface area contributed by atoms with E-state index in [4.69, 9.17) is 5.11 Å². The third-order valence-corrected chi connectivity index (χ3v) is 4.85. The van der Waals surface area contributed by atoms with Gasteiger partial charge in [0.05, 0.1) is 6.61 Å². The van der Waals surface area contributed by atoms with Crippen molar-refractivity contribution in [2.45, 2.75) is 51.1 Å². The zero-order chi connectivity index (χ0) is 12.2. The fourth-order valence-corrected chi connectivity index (χ4v) is 3.37. The molecule has 1 fully saturated rings. The van der Waals surface area contributed by atoms with Crippen molar-refractivity contribution < 1.29 is 13.5 Å². The molecule has 1 rings (SSSR count). The molecular weight excluding hydrogens is 228 g/mol. The summed E-state index contributed by atoms with van der Waals surface area (Å²) in [5.74, 6) is 0. The summed E-state index contributed by atoms with van der Waals surface area (Å²) >= 11 is 0. The predicted octanol–water partition coefficient (Wildman–Crippen LogP) is 0.466. The Morgan fingerprint density at radius 2 is 1.94 bits per heavy atom. The Bertz CT molecular complexity index is 299. The molecule has 6 heteroatoms. The van der Waals surface area contributed by atoms with Gasteiger partial charge in [0.25, 0.3) is 10.2 Å². The standard InChI is InChI=1S/C10H22N2O3S/c1-9(8-13)11-16(14,15)12(2)10-6-4-3-5-7-10/h9-11,13H,3-8H2,1-2H3. The Labute approximate surface area is 98.0 Å². The van der Waals surface area contributed by atoms with Gasteiger partial charge in [-0.15, -0.1) is 0 Å². The number of aliphatic hydroxyl groups excluding tert-OH is 1. The lowest BCUT2D eigenvalue weighted by Crippen LogP contribution is -2.48. The van der Waals surface area contributed by atoms with Crippen molar-refractivity contribution in [1.82, 2.24) is 9.03 Å². The summed E-state index contributed by atoms with van der Waals surface area (Å²) in [6.45, 7) is 1.46. The quantitative estimate of drug-likeness (QED) is 0.745. The molecule has 0 aromatic heterocycles. The zero-order valence-electron chi connectivity index (χ0n) is 10.0. The van der Waals surface area contributed by atoms with E-state index in [9.17, 15) is 8.42 Å². The van der Waals surface area contributed by atoms with E-state index in [1.807, 2.05) is 0 Å². The summed E-state index contributed by atoms with van der Waals surface area (Å²) in [5.41, 5.74) is 0. The largest absolute Gasteiger partial charge is 0.395 e. The van der Waals surface area contributed by atoms with Gasteiger partial charge in [-0.1, -0.05) is 19.3 Å². The molecule has 0 aromatic carbocycles. The second-order valence-electron chi connectivity index (χ2n) is 4.51. The normalized spacial score (nSPS) is 21.2. The summed E-state index contributed by atoms with van der Waals surface area (Å²) in [7, 11) is -1.83. The molecule has 1 aliphatic rings. The van der Waals surface area contributed by atoms with Crippen LogP contribution in [0.25, 0.3) is 0 Å². The number of nitrogens with one attached hydrogen (secondary N) is 1. The average Bonchev–Trinajstić information content (AvgIpc) is 2.28. The molecule has 1 unspecified atom stereocenters. The van der Waals surface area contributed by atoms with Crippen LogP contribution in [0.15, 0.2) is 0 Å². The maximum Gasteiger partial charge on any atom is 0.279 e. The summed E-state index contributed by atoms with van der Waals surface area (Å²) < 4.78 is 27.7. The Kier molecular flexibility index (Phi) is 5.17. The topological polar surface area (TPSA) is 69.6 Å². The molecule has 2 N–H and O–H groups in total. The monoisotopic (exact) mass is 250 g/mol. The summed E-state index contributed by atoms with van der Waals surface area (Å²) in [4.78, 5) is 0. The second kappa shape index (κ2) is 5.95. The molecule has 5 nitrogen and oxygen atoms in total. The molecule has 0 bridgehead atoms. The van der Waals surface area contributed by atoms with E-state index >= 15 is 0 Å². The highest BCUT2D eigenvalue weighted by molar-refractivity contribution is 7.87. The molecule has 16 heavy (non-hydrogen) atoms. The van der Waals surface area contributed by atoms with Gasteiger partial charge in [-0.25, -0.2) is 0 Å². The smallest absolute Gasteiger partial charge is 0.279 e. The number of nitrogens with zero attached hydrogens (tertiary/aromatic N) is 1. The minimum Gasteiger partial charge on any atom is -0.395 e. The van der Waals surface area contributed by atoms with Crippen LogP contribution in [0.4, 0.5) is 0 Å². The Morgan fingerprint density at radius 3 is 2.44 bits per heavy atom. The van der Waals surface area contributed by atoms with Gasteiger partial charge in [-0.05, 0) is 19.8 Å². The van der Waals surface area contributed by atoms with Crippen molar-refractivity contribution in [2.24, 2.45) is 0 Å². The zero-order valence-corrected chi connectivity index (χ0v) is 10.8. The van der Waals surface area contributed by atoms with Gasteiger partial charge in [0.15, 0.2) is 0 Å². The highest BCUT2D eigenvalue weighted by Gasteiger charge is 2.28. The lowest BCUT2D eigenvalue weighted by Gasteiger charge is -2.31. The van der Waals surface area contributed by atoms with Crippen LogP contribution >= 0.6 is 0 Å². The molecule has 1 atom stereocenters. The minimum atomic E-state index is -3.45. The maximum absolute atomic E-state index is 11.9. The number of aliphatic hydroxyl groups is 1. The number of hydrogen-bond donors (Lipinski definition) is 2. The van der Waals surface area contributed by atoms with Crippen LogP contribution in [0.2, 0.25) is 0 Å². The molecular formula is C10H22N2O3S.